The highest BCUT2D eigenvalue weighted by molar-refractivity contribution is 5.31. The first-order chi connectivity index (χ1) is 10.3. The van der Waals surface area contributed by atoms with Crippen molar-refractivity contribution >= 4 is 0 Å². The molecule has 1 heterocycles. The number of rotatable bonds is 4. The maximum atomic E-state index is 10.4. The van der Waals surface area contributed by atoms with Crippen LogP contribution in [0.2, 0.25) is 0 Å². The second kappa shape index (κ2) is 6.57. The van der Waals surface area contributed by atoms with Crippen molar-refractivity contribution < 1.29 is 15.3 Å². The van der Waals surface area contributed by atoms with Gasteiger partial charge in [0.15, 0.2) is 0 Å². The molecule has 2 rings (SSSR count). The zero-order chi connectivity index (χ0) is 16.3. The van der Waals surface area contributed by atoms with Gasteiger partial charge < -0.3 is 5.11 Å². The largest absolute Gasteiger partial charge is 0.382 e. The van der Waals surface area contributed by atoms with E-state index in [1.54, 1.807) is 6.07 Å². The standard InChI is InChI=1S/C18H23NO3/c1-12-6-5-7-15(19-12)16(20)13-8-10-14(11-9-13)17(22-21)18(2,3)4/h5-11,16-17,20-21H,1-4H3. The molecule has 0 spiro atoms. The van der Waals surface area contributed by atoms with E-state index in [9.17, 15) is 5.11 Å². The molecule has 0 aliphatic rings. The van der Waals surface area contributed by atoms with Gasteiger partial charge in [0.25, 0.3) is 0 Å². The molecule has 2 aromatic rings. The van der Waals surface area contributed by atoms with Gasteiger partial charge in [0.05, 0.1) is 5.69 Å². The van der Waals surface area contributed by atoms with Crippen LogP contribution in [0.4, 0.5) is 0 Å². The van der Waals surface area contributed by atoms with E-state index in [0.29, 0.717) is 5.69 Å². The van der Waals surface area contributed by atoms with Crippen molar-refractivity contribution in [3.05, 3.63) is 65.0 Å². The molecule has 22 heavy (non-hydrogen) atoms. The van der Waals surface area contributed by atoms with Crippen molar-refractivity contribution in [2.45, 2.75) is 39.9 Å². The van der Waals surface area contributed by atoms with Crippen LogP contribution < -0.4 is 0 Å². The monoisotopic (exact) mass is 301 g/mol. The summed E-state index contributed by atoms with van der Waals surface area (Å²) in [6.45, 7) is 7.87. The summed E-state index contributed by atoms with van der Waals surface area (Å²) in [4.78, 5) is 8.97. The third kappa shape index (κ3) is 3.71. The molecule has 2 N–H and O–H groups in total. The Bertz CT molecular complexity index is 617. The predicted molar refractivity (Wildman–Crippen MR) is 85.4 cm³/mol. The Morgan fingerprint density at radius 3 is 2.09 bits per heavy atom. The molecule has 0 aliphatic heterocycles. The lowest BCUT2D eigenvalue weighted by atomic mass is 9.84. The molecule has 0 fully saturated rings. The molecule has 1 aromatic heterocycles. The molecule has 0 saturated heterocycles. The topological polar surface area (TPSA) is 62.6 Å². The molecular weight excluding hydrogens is 278 g/mol. The Labute approximate surface area is 131 Å². The van der Waals surface area contributed by atoms with Gasteiger partial charge in [-0.05, 0) is 35.6 Å². The smallest absolute Gasteiger partial charge is 0.122 e. The number of nitrogens with zero attached hydrogens (tertiary/aromatic N) is 1. The molecule has 118 valence electrons. The highest BCUT2D eigenvalue weighted by Gasteiger charge is 2.27. The molecule has 2 unspecified atom stereocenters. The summed E-state index contributed by atoms with van der Waals surface area (Å²) in [5.41, 5.74) is 2.89. The molecule has 0 saturated carbocycles. The van der Waals surface area contributed by atoms with Crippen LogP contribution in [-0.4, -0.2) is 15.3 Å². The second-order valence-corrected chi connectivity index (χ2v) is 6.62. The van der Waals surface area contributed by atoms with Gasteiger partial charge in [-0.15, -0.1) is 0 Å². The van der Waals surface area contributed by atoms with Crippen LogP contribution in [0.1, 0.15) is 55.5 Å². The number of aliphatic hydroxyl groups is 1. The third-order valence-electron chi connectivity index (χ3n) is 3.64. The molecule has 0 bridgehead atoms. The molecule has 0 aliphatic carbocycles. The zero-order valence-corrected chi connectivity index (χ0v) is 13.4. The Kier molecular flexibility index (Phi) is 4.96. The van der Waals surface area contributed by atoms with Gasteiger partial charge in [-0.25, -0.2) is 4.89 Å². The van der Waals surface area contributed by atoms with Crippen molar-refractivity contribution in [3.63, 3.8) is 0 Å². The minimum Gasteiger partial charge on any atom is -0.382 e. The zero-order valence-electron chi connectivity index (χ0n) is 13.4. The van der Waals surface area contributed by atoms with Crippen LogP contribution in [0.5, 0.6) is 0 Å². The first kappa shape index (κ1) is 16.6. The minimum absolute atomic E-state index is 0.229. The van der Waals surface area contributed by atoms with Gasteiger partial charge in [-0.3, -0.25) is 10.2 Å². The van der Waals surface area contributed by atoms with Crippen molar-refractivity contribution in [2.24, 2.45) is 5.41 Å². The van der Waals surface area contributed by atoms with E-state index in [0.717, 1.165) is 16.8 Å². The van der Waals surface area contributed by atoms with Crippen LogP contribution in [0.15, 0.2) is 42.5 Å². The summed E-state index contributed by atoms with van der Waals surface area (Å²) < 4.78 is 0. The number of aromatic nitrogens is 1. The van der Waals surface area contributed by atoms with Crippen LogP contribution in [0.25, 0.3) is 0 Å². The van der Waals surface area contributed by atoms with Crippen LogP contribution >= 0.6 is 0 Å². The van der Waals surface area contributed by atoms with Gasteiger partial charge in [0, 0.05) is 5.69 Å². The fraction of sp³-hybridized carbons (Fsp3) is 0.389. The number of hydrogen-bond acceptors (Lipinski definition) is 4. The maximum absolute atomic E-state index is 10.4. The number of benzene rings is 1. The lowest BCUT2D eigenvalue weighted by Crippen LogP contribution is -2.20. The summed E-state index contributed by atoms with van der Waals surface area (Å²) in [5.74, 6) is 0. The Morgan fingerprint density at radius 1 is 1.00 bits per heavy atom. The van der Waals surface area contributed by atoms with Crippen LogP contribution in [0, 0.1) is 12.3 Å². The van der Waals surface area contributed by atoms with E-state index < -0.39 is 12.2 Å². The molecule has 2 atom stereocenters. The normalized spacial score (nSPS) is 14.6. The summed E-state index contributed by atoms with van der Waals surface area (Å²) in [7, 11) is 0. The third-order valence-corrected chi connectivity index (χ3v) is 3.64. The van der Waals surface area contributed by atoms with Crippen molar-refractivity contribution in [1.29, 1.82) is 0 Å². The molecule has 4 nitrogen and oxygen atoms in total. The summed E-state index contributed by atoms with van der Waals surface area (Å²) in [6.07, 6.45) is -1.19. The van der Waals surface area contributed by atoms with Crippen LogP contribution in [0.3, 0.4) is 0 Å². The van der Waals surface area contributed by atoms with Gasteiger partial charge in [-0.2, -0.15) is 0 Å². The summed E-state index contributed by atoms with van der Waals surface area (Å²) >= 11 is 0. The fourth-order valence-corrected chi connectivity index (χ4v) is 2.46. The quantitative estimate of drug-likeness (QED) is 0.660. The minimum atomic E-state index is -0.767. The highest BCUT2D eigenvalue weighted by Crippen LogP contribution is 2.35. The lowest BCUT2D eigenvalue weighted by molar-refractivity contribution is -0.303. The van der Waals surface area contributed by atoms with Crippen molar-refractivity contribution in [3.8, 4) is 0 Å². The second-order valence-electron chi connectivity index (χ2n) is 6.62. The Morgan fingerprint density at radius 2 is 1.59 bits per heavy atom. The molecule has 4 heteroatoms. The lowest BCUT2D eigenvalue weighted by Gasteiger charge is -2.28. The van der Waals surface area contributed by atoms with E-state index in [1.165, 1.54) is 0 Å². The van der Waals surface area contributed by atoms with E-state index >= 15 is 0 Å². The number of aryl methyl sites for hydroxylation is 1. The highest BCUT2D eigenvalue weighted by atomic mass is 17.1. The molecule has 0 radical (unpaired) electrons. The first-order valence-electron chi connectivity index (χ1n) is 7.34. The van der Waals surface area contributed by atoms with Gasteiger partial charge >= 0.3 is 0 Å². The van der Waals surface area contributed by atoms with Gasteiger partial charge in [0.2, 0.25) is 0 Å². The average Bonchev–Trinajstić information content (AvgIpc) is 2.46. The van der Waals surface area contributed by atoms with Crippen molar-refractivity contribution in [2.75, 3.05) is 0 Å². The number of aliphatic hydroxyl groups excluding tert-OH is 1. The summed E-state index contributed by atoms with van der Waals surface area (Å²) in [6, 6.07) is 13.0. The van der Waals surface area contributed by atoms with Gasteiger partial charge in [-0.1, -0.05) is 51.1 Å². The molecule has 0 amide bonds. The Balaban J connectivity index is 2.25. The predicted octanol–water partition coefficient (Wildman–Crippen LogP) is 4.05. The van der Waals surface area contributed by atoms with E-state index in [-0.39, 0.29) is 5.41 Å². The fourth-order valence-electron chi connectivity index (χ4n) is 2.46. The van der Waals surface area contributed by atoms with E-state index in [2.05, 4.69) is 9.87 Å². The molecular formula is C18H23NO3. The first-order valence-corrected chi connectivity index (χ1v) is 7.34. The van der Waals surface area contributed by atoms with Crippen LogP contribution in [-0.2, 0) is 4.89 Å². The average molecular weight is 301 g/mol. The summed E-state index contributed by atoms with van der Waals surface area (Å²) in [5, 5.41) is 19.6. The molecule has 1 aromatic carbocycles. The Hall–Kier alpha value is -1.75. The number of pyridine rings is 1. The van der Waals surface area contributed by atoms with E-state index in [1.807, 2.05) is 64.1 Å². The SMILES string of the molecule is Cc1cccc(C(O)c2ccc(C(OO)C(C)(C)C)cc2)n1. The maximum Gasteiger partial charge on any atom is 0.122 e. The number of hydrogen-bond donors (Lipinski definition) is 2. The van der Waals surface area contributed by atoms with E-state index in [4.69, 9.17) is 5.26 Å². The van der Waals surface area contributed by atoms with Gasteiger partial charge in [0.1, 0.15) is 12.2 Å². The van der Waals surface area contributed by atoms with Crippen molar-refractivity contribution in [1.82, 2.24) is 4.98 Å².